The first-order valence-corrected chi connectivity index (χ1v) is 7.34. The quantitative estimate of drug-likeness (QED) is 0.731. The summed E-state index contributed by atoms with van der Waals surface area (Å²) in [6.45, 7) is 3.55. The molecule has 0 aromatic rings. The first-order chi connectivity index (χ1) is 7.90. The van der Waals surface area contributed by atoms with Crippen molar-refractivity contribution in [2.75, 3.05) is 19.6 Å². The van der Waals surface area contributed by atoms with E-state index >= 15 is 0 Å². The summed E-state index contributed by atoms with van der Waals surface area (Å²) in [4.78, 5) is 2.78. The number of hydrogen-bond donors (Lipinski definition) is 1. The molecule has 0 radical (unpaired) electrons. The maximum absolute atomic E-state index is 5.80. The van der Waals surface area contributed by atoms with Gasteiger partial charge in [0.25, 0.3) is 0 Å². The minimum absolute atomic E-state index is 0.802. The Morgan fingerprint density at radius 3 is 2.25 bits per heavy atom. The molecule has 2 rings (SSSR count). The molecule has 1 aliphatic heterocycles. The molecule has 1 atom stereocenters. The van der Waals surface area contributed by atoms with Gasteiger partial charge < -0.3 is 10.6 Å². The molecule has 0 spiro atoms. The van der Waals surface area contributed by atoms with Crippen LogP contribution in [0.3, 0.4) is 0 Å². The Labute approximate surface area is 101 Å². The average molecular weight is 224 g/mol. The Morgan fingerprint density at radius 2 is 1.56 bits per heavy atom. The minimum Gasteiger partial charge on any atom is -0.330 e. The molecule has 2 nitrogen and oxygen atoms in total. The Balaban J connectivity index is 1.83. The van der Waals surface area contributed by atoms with Gasteiger partial charge >= 0.3 is 0 Å². The number of likely N-dealkylation sites (tertiary alicyclic amines) is 1. The second kappa shape index (κ2) is 6.61. The third-order valence-electron chi connectivity index (χ3n) is 4.56. The van der Waals surface area contributed by atoms with Crippen LogP contribution in [0.1, 0.15) is 57.8 Å². The summed E-state index contributed by atoms with van der Waals surface area (Å²) in [5, 5.41) is 0. The van der Waals surface area contributed by atoms with Crippen LogP contribution in [0.15, 0.2) is 0 Å². The van der Waals surface area contributed by atoms with E-state index in [0.717, 1.165) is 18.5 Å². The van der Waals surface area contributed by atoms with Crippen molar-refractivity contribution in [3.8, 4) is 0 Å². The highest BCUT2D eigenvalue weighted by atomic mass is 15.2. The normalized spacial score (nSPS) is 30.9. The SMILES string of the molecule is NCC1CCCN(C2CCCCCC2)CC1. The fourth-order valence-corrected chi connectivity index (χ4v) is 3.41. The van der Waals surface area contributed by atoms with Crippen molar-refractivity contribution >= 4 is 0 Å². The van der Waals surface area contributed by atoms with E-state index in [1.54, 1.807) is 0 Å². The van der Waals surface area contributed by atoms with E-state index in [1.165, 1.54) is 70.9 Å². The molecule has 0 aromatic heterocycles. The monoisotopic (exact) mass is 224 g/mol. The van der Waals surface area contributed by atoms with Crippen LogP contribution < -0.4 is 5.73 Å². The maximum Gasteiger partial charge on any atom is 0.00952 e. The molecule has 0 bridgehead atoms. The standard InChI is InChI=1S/C14H28N2/c15-12-13-6-5-10-16(11-9-13)14-7-3-1-2-4-8-14/h13-14H,1-12,15H2. The van der Waals surface area contributed by atoms with Crippen LogP contribution in [0.25, 0.3) is 0 Å². The van der Waals surface area contributed by atoms with Crippen LogP contribution in [0.4, 0.5) is 0 Å². The molecule has 2 aliphatic rings. The molecule has 2 fully saturated rings. The third-order valence-corrected chi connectivity index (χ3v) is 4.56. The van der Waals surface area contributed by atoms with Gasteiger partial charge in [-0.1, -0.05) is 25.7 Å². The summed E-state index contributed by atoms with van der Waals surface area (Å²) in [6.07, 6.45) is 12.8. The Hall–Kier alpha value is -0.0800. The minimum atomic E-state index is 0.802. The lowest BCUT2D eigenvalue weighted by Gasteiger charge is -2.29. The van der Waals surface area contributed by atoms with Crippen molar-refractivity contribution in [2.24, 2.45) is 11.7 Å². The van der Waals surface area contributed by atoms with E-state index in [1.807, 2.05) is 0 Å². The summed E-state index contributed by atoms with van der Waals surface area (Å²) in [6, 6.07) is 0.902. The summed E-state index contributed by atoms with van der Waals surface area (Å²) in [5.74, 6) is 0.802. The molecule has 0 amide bonds. The van der Waals surface area contributed by atoms with E-state index in [-0.39, 0.29) is 0 Å². The molecule has 1 saturated heterocycles. The number of rotatable bonds is 2. The number of nitrogens with zero attached hydrogens (tertiary/aromatic N) is 1. The molecule has 1 heterocycles. The van der Waals surface area contributed by atoms with Crippen LogP contribution in [0.5, 0.6) is 0 Å². The zero-order chi connectivity index (χ0) is 11.2. The molecule has 0 aromatic carbocycles. The zero-order valence-corrected chi connectivity index (χ0v) is 10.7. The van der Waals surface area contributed by atoms with E-state index in [4.69, 9.17) is 5.73 Å². The van der Waals surface area contributed by atoms with E-state index in [0.29, 0.717) is 0 Å². The summed E-state index contributed by atoms with van der Waals surface area (Å²) < 4.78 is 0. The van der Waals surface area contributed by atoms with E-state index in [2.05, 4.69) is 4.90 Å². The topological polar surface area (TPSA) is 29.3 Å². The summed E-state index contributed by atoms with van der Waals surface area (Å²) in [7, 11) is 0. The number of hydrogen-bond acceptors (Lipinski definition) is 2. The van der Waals surface area contributed by atoms with Crippen LogP contribution in [-0.4, -0.2) is 30.6 Å². The lowest BCUT2D eigenvalue weighted by Crippen LogP contribution is -2.36. The van der Waals surface area contributed by atoms with Crippen molar-refractivity contribution in [3.63, 3.8) is 0 Å². The second-order valence-electron chi connectivity index (χ2n) is 5.71. The predicted octanol–water partition coefficient (Wildman–Crippen LogP) is 2.77. The lowest BCUT2D eigenvalue weighted by atomic mass is 10.0. The van der Waals surface area contributed by atoms with Gasteiger partial charge in [-0.2, -0.15) is 0 Å². The maximum atomic E-state index is 5.80. The first kappa shape index (κ1) is 12.4. The van der Waals surface area contributed by atoms with E-state index in [9.17, 15) is 0 Å². The van der Waals surface area contributed by atoms with Crippen molar-refractivity contribution < 1.29 is 0 Å². The Morgan fingerprint density at radius 1 is 0.812 bits per heavy atom. The Kier molecular flexibility index (Phi) is 5.11. The van der Waals surface area contributed by atoms with Crippen molar-refractivity contribution in [1.82, 2.24) is 4.90 Å². The van der Waals surface area contributed by atoms with Gasteiger partial charge in [-0.05, 0) is 57.7 Å². The molecular weight excluding hydrogens is 196 g/mol. The van der Waals surface area contributed by atoms with Gasteiger partial charge in [-0.25, -0.2) is 0 Å². The Bertz CT molecular complexity index is 185. The van der Waals surface area contributed by atoms with Crippen LogP contribution in [-0.2, 0) is 0 Å². The molecule has 1 unspecified atom stereocenters. The predicted molar refractivity (Wildman–Crippen MR) is 69.5 cm³/mol. The smallest absolute Gasteiger partial charge is 0.00952 e. The third kappa shape index (κ3) is 3.46. The van der Waals surface area contributed by atoms with Crippen LogP contribution in [0, 0.1) is 5.92 Å². The molecule has 2 heteroatoms. The van der Waals surface area contributed by atoms with Crippen molar-refractivity contribution in [2.45, 2.75) is 63.8 Å². The molecule has 2 N–H and O–H groups in total. The zero-order valence-electron chi connectivity index (χ0n) is 10.7. The molecule has 1 saturated carbocycles. The summed E-state index contributed by atoms with van der Waals surface area (Å²) in [5.41, 5.74) is 5.80. The van der Waals surface area contributed by atoms with Gasteiger partial charge in [0.2, 0.25) is 0 Å². The second-order valence-corrected chi connectivity index (χ2v) is 5.71. The number of nitrogens with two attached hydrogens (primary N) is 1. The van der Waals surface area contributed by atoms with Gasteiger partial charge in [0.15, 0.2) is 0 Å². The van der Waals surface area contributed by atoms with Crippen molar-refractivity contribution in [1.29, 1.82) is 0 Å². The van der Waals surface area contributed by atoms with Crippen LogP contribution >= 0.6 is 0 Å². The van der Waals surface area contributed by atoms with Gasteiger partial charge in [0, 0.05) is 6.04 Å². The fraction of sp³-hybridized carbons (Fsp3) is 1.00. The van der Waals surface area contributed by atoms with E-state index < -0.39 is 0 Å². The van der Waals surface area contributed by atoms with Crippen LogP contribution in [0.2, 0.25) is 0 Å². The highest BCUT2D eigenvalue weighted by molar-refractivity contribution is 4.78. The largest absolute Gasteiger partial charge is 0.330 e. The first-order valence-electron chi connectivity index (χ1n) is 7.34. The molecule has 94 valence electrons. The highest BCUT2D eigenvalue weighted by Crippen LogP contribution is 2.25. The van der Waals surface area contributed by atoms with Gasteiger partial charge in [-0.15, -0.1) is 0 Å². The van der Waals surface area contributed by atoms with Crippen molar-refractivity contribution in [3.05, 3.63) is 0 Å². The highest BCUT2D eigenvalue weighted by Gasteiger charge is 2.23. The lowest BCUT2D eigenvalue weighted by molar-refractivity contribution is 0.183. The van der Waals surface area contributed by atoms with Gasteiger partial charge in [0.1, 0.15) is 0 Å². The molecule has 16 heavy (non-hydrogen) atoms. The van der Waals surface area contributed by atoms with Gasteiger partial charge in [0.05, 0.1) is 0 Å². The molecular formula is C14H28N2. The average Bonchev–Trinajstić information content (AvgIpc) is 2.71. The molecule has 1 aliphatic carbocycles. The fourth-order valence-electron chi connectivity index (χ4n) is 3.41. The summed E-state index contributed by atoms with van der Waals surface area (Å²) >= 11 is 0. The van der Waals surface area contributed by atoms with Gasteiger partial charge in [-0.3, -0.25) is 0 Å².